The quantitative estimate of drug-likeness (QED) is 0.446. The van der Waals surface area contributed by atoms with Crippen LogP contribution in [0.3, 0.4) is 0 Å². The van der Waals surface area contributed by atoms with Crippen molar-refractivity contribution < 1.29 is 14.3 Å². The number of carbonyl (C=O) groups is 2. The van der Waals surface area contributed by atoms with Gasteiger partial charge >= 0.3 is 5.97 Å². The Morgan fingerprint density at radius 3 is 2.40 bits per heavy atom. The van der Waals surface area contributed by atoms with Crippen LogP contribution in [0.1, 0.15) is 57.1 Å². The summed E-state index contributed by atoms with van der Waals surface area (Å²) in [6.07, 6.45) is 5.45. The Bertz CT molecular complexity index is 524. The normalized spacial score (nSPS) is 11.8. The summed E-state index contributed by atoms with van der Waals surface area (Å²) in [5.41, 5.74) is 2.51. The summed E-state index contributed by atoms with van der Waals surface area (Å²) in [5.74, 6) is -0.403. The minimum Gasteiger partial charge on any atom is -0.469 e. The molecule has 0 saturated carbocycles. The van der Waals surface area contributed by atoms with Crippen molar-refractivity contribution in [2.24, 2.45) is 5.92 Å². The number of carbonyl (C=O) groups excluding carboxylic acids is 2. The highest BCUT2D eigenvalue weighted by Gasteiger charge is 2.20. The number of rotatable bonds is 11. The van der Waals surface area contributed by atoms with Crippen LogP contribution in [0, 0.1) is 12.8 Å². The highest BCUT2D eigenvalue weighted by molar-refractivity contribution is 5.78. The lowest BCUT2D eigenvalue weighted by Crippen LogP contribution is -2.38. The largest absolute Gasteiger partial charge is 0.469 e. The molecule has 4 heteroatoms. The van der Waals surface area contributed by atoms with E-state index in [-0.39, 0.29) is 17.8 Å². The number of unbranched alkanes of at least 4 members (excludes halogenated alkanes) is 2. The van der Waals surface area contributed by atoms with Crippen LogP contribution in [0.25, 0.3) is 0 Å². The van der Waals surface area contributed by atoms with Gasteiger partial charge in [-0.1, -0.05) is 56.5 Å². The molecular formula is C21H33NO3. The summed E-state index contributed by atoms with van der Waals surface area (Å²) >= 11 is 0. The second-order valence-corrected chi connectivity index (χ2v) is 6.81. The van der Waals surface area contributed by atoms with Gasteiger partial charge in [0.05, 0.1) is 13.0 Å². The predicted octanol–water partition coefficient (Wildman–Crippen LogP) is 4.15. The molecule has 140 valence electrons. The first-order valence-electron chi connectivity index (χ1n) is 9.39. The van der Waals surface area contributed by atoms with Gasteiger partial charge in [0.1, 0.15) is 0 Å². The molecule has 1 aromatic rings. The van der Waals surface area contributed by atoms with Crippen molar-refractivity contribution in [2.45, 2.75) is 59.3 Å². The van der Waals surface area contributed by atoms with Crippen LogP contribution in [0.5, 0.6) is 0 Å². The van der Waals surface area contributed by atoms with Crippen LogP contribution in [-0.4, -0.2) is 37.0 Å². The van der Waals surface area contributed by atoms with Crippen molar-refractivity contribution in [3.05, 3.63) is 35.4 Å². The number of hydrogen-bond donors (Lipinski definition) is 0. The summed E-state index contributed by atoms with van der Waals surface area (Å²) in [4.78, 5) is 26.1. The topological polar surface area (TPSA) is 46.6 Å². The fraction of sp³-hybridized carbons (Fsp3) is 0.619. The van der Waals surface area contributed by atoms with E-state index in [1.54, 1.807) is 0 Å². The van der Waals surface area contributed by atoms with Crippen LogP contribution in [0.15, 0.2) is 24.3 Å². The molecule has 0 aliphatic carbocycles. The third kappa shape index (κ3) is 8.19. The lowest BCUT2D eigenvalue weighted by Gasteiger charge is -2.25. The predicted molar refractivity (Wildman–Crippen MR) is 101 cm³/mol. The van der Waals surface area contributed by atoms with Gasteiger partial charge in [0, 0.05) is 19.5 Å². The third-order valence-corrected chi connectivity index (χ3v) is 4.46. The molecule has 1 unspecified atom stereocenters. The number of nitrogens with zero attached hydrogens (tertiary/aromatic N) is 1. The monoisotopic (exact) mass is 347 g/mol. The average Bonchev–Trinajstić information content (AvgIpc) is 2.61. The molecule has 0 N–H and O–H groups in total. The molecule has 0 aliphatic heterocycles. The summed E-state index contributed by atoms with van der Waals surface area (Å²) in [5, 5.41) is 0. The Balaban J connectivity index is 2.52. The Hall–Kier alpha value is -1.84. The number of esters is 1. The molecule has 0 aliphatic rings. The molecular weight excluding hydrogens is 314 g/mol. The molecule has 0 heterocycles. The van der Waals surface area contributed by atoms with Crippen molar-refractivity contribution in [2.75, 3.05) is 20.2 Å². The molecule has 0 fully saturated rings. The molecule has 0 spiro atoms. The number of aryl methyl sites for hydroxylation is 2. The zero-order chi connectivity index (χ0) is 18.7. The first-order valence-corrected chi connectivity index (χ1v) is 9.39. The molecule has 0 aromatic heterocycles. The number of amides is 1. The van der Waals surface area contributed by atoms with Gasteiger partial charge in [-0.05, 0) is 31.7 Å². The van der Waals surface area contributed by atoms with Crippen LogP contribution < -0.4 is 0 Å². The fourth-order valence-corrected chi connectivity index (χ4v) is 2.83. The SMILES string of the molecule is CCCCCN(CC(C)C(=O)OC)C(=O)CCCc1ccc(C)cc1. The van der Waals surface area contributed by atoms with Gasteiger partial charge in [-0.25, -0.2) is 0 Å². The number of hydrogen-bond acceptors (Lipinski definition) is 3. The smallest absolute Gasteiger partial charge is 0.310 e. The molecule has 25 heavy (non-hydrogen) atoms. The van der Waals surface area contributed by atoms with Gasteiger partial charge in [0.15, 0.2) is 0 Å². The third-order valence-electron chi connectivity index (χ3n) is 4.46. The molecule has 0 radical (unpaired) electrons. The second kappa shape index (κ2) is 11.7. The van der Waals surface area contributed by atoms with Crippen LogP contribution in [0.2, 0.25) is 0 Å². The van der Waals surface area contributed by atoms with Crippen molar-refractivity contribution in [3.63, 3.8) is 0 Å². The Morgan fingerprint density at radius 2 is 1.80 bits per heavy atom. The first-order chi connectivity index (χ1) is 12.0. The first kappa shape index (κ1) is 21.2. The van der Waals surface area contributed by atoms with Gasteiger partial charge in [-0.2, -0.15) is 0 Å². The van der Waals surface area contributed by atoms with E-state index < -0.39 is 0 Å². The molecule has 1 amide bonds. The molecule has 1 aromatic carbocycles. The average molecular weight is 347 g/mol. The Kier molecular flexibility index (Phi) is 9.90. The van der Waals surface area contributed by atoms with Gasteiger partial charge in [0.2, 0.25) is 5.91 Å². The molecule has 0 saturated heterocycles. The summed E-state index contributed by atoms with van der Waals surface area (Å²) in [6.45, 7) is 7.20. The van der Waals surface area contributed by atoms with E-state index in [0.717, 1.165) is 38.6 Å². The molecule has 0 bridgehead atoms. The van der Waals surface area contributed by atoms with E-state index in [2.05, 4.69) is 38.1 Å². The van der Waals surface area contributed by atoms with Gasteiger partial charge < -0.3 is 9.64 Å². The highest BCUT2D eigenvalue weighted by atomic mass is 16.5. The van der Waals surface area contributed by atoms with Crippen LogP contribution >= 0.6 is 0 Å². The standard InChI is InChI=1S/C21H33NO3/c1-5-6-7-15-22(16-18(3)21(24)25-4)20(23)10-8-9-19-13-11-17(2)12-14-19/h11-14,18H,5-10,15-16H2,1-4H3. The van der Waals surface area contributed by atoms with E-state index in [4.69, 9.17) is 4.74 Å². The van der Waals surface area contributed by atoms with Crippen LogP contribution in [0.4, 0.5) is 0 Å². The lowest BCUT2D eigenvalue weighted by atomic mass is 10.1. The molecule has 1 rings (SSSR count). The van der Waals surface area contributed by atoms with E-state index in [0.29, 0.717) is 13.0 Å². The van der Waals surface area contributed by atoms with E-state index in [9.17, 15) is 9.59 Å². The zero-order valence-corrected chi connectivity index (χ0v) is 16.2. The number of benzene rings is 1. The van der Waals surface area contributed by atoms with Crippen molar-refractivity contribution in [1.82, 2.24) is 4.90 Å². The maximum atomic E-state index is 12.6. The maximum absolute atomic E-state index is 12.6. The minimum absolute atomic E-state index is 0.138. The maximum Gasteiger partial charge on any atom is 0.310 e. The molecule has 4 nitrogen and oxygen atoms in total. The summed E-state index contributed by atoms with van der Waals surface area (Å²) in [7, 11) is 1.39. The highest BCUT2D eigenvalue weighted by Crippen LogP contribution is 2.11. The Labute approximate surface area is 152 Å². The van der Waals surface area contributed by atoms with E-state index in [1.807, 2.05) is 11.8 Å². The van der Waals surface area contributed by atoms with Crippen molar-refractivity contribution in [3.8, 4) is 0 Å². The molecule has 1 atom stereocenters. The summed E-state index contributed by atoms with van der Waals surface area (Å²) < 4.78 is 4.79. The van der Waals surface area contributed by atoms with E-state index >= 15 is 0 Å². The summed E-state index contributed by atoms with van der Waals surface area (Å²) in [6, 6.07) is 8.45. The Morgan fingerprint density at radius 1 is 1.12 bits per heavy atom. The second-order valence-electron chi connectivity index (χ2n) is 6.81. The van der Waals surface area contributed by atoms with Gasteiger partial charge in [-0.3, -0.25) is 9.59 Å². The van der Waals surface area contributed by atoms with Crippen LogP contribution in [-0.2, 0) is 20.7 Å². The number of ether oxygens (including phenoxy) is 1. The van der Waals surface area contributed by atoms with Crippen molar-refractivity contribution in [1.29, 1.82) is 0 Å². The van der Waals surface area contributed by atoms with Crippen molar-refractivity contribution >= 4 is 11.9 Å². The minimum atomic E-state index is -0.285. The number of methoxy groups -OCH3 is 1. The van der Waals surface area contributed by atoms with Gasteiger partial charge in [-0.15, -0.1) is 0 Å². The zero-order valence-electron chi connectivity index (χ0n) is 16.2. The van der Waals surface area contributed by atoms with Gasteiger partial charge in [0.25, 0.3) is 0 Å². The lowest BCUT2D eigenvalue weighted by molar-refractivity contribution is -0.146. The fourth-order valence-electron chi connectivity index (χ4n) is 2.83. The van der Waals surface area contributed by atoms with E-state index in [1.165, 1.54) is 18.2 Å².